The molecule has 1 aromatic rings. The number of aliphatic imine (C=N–C) groups is 1. The van der Waals surface area contributed by atoms with Crippen molar-refractivity contribution in [2.45, 2.75) is 39.3 Å². The predicted octanol–water partition coefficient (Wildman–Crippen LogP) is 2.34. The van der Waals surface area contributed by atoms with Gasteiger partial charge in [0.15, 0.2) is 5.96 Å². The number of ether oxygens (including phenoxy) is 3. The Morgan fingerprint density at radius 3 is 2.92 bits per heavy atom. The van der Waals surface area contributed by atoms with Crippen LogP contribution >= 0.6 is 0 Å². The summed E-state index contributed by atoms with van der Waals surface area (Å²) in [6.45, 7) is 9.25. The molecule has 25 heavy (non-hydrogen) atoms. The Kier molecular flexibility index (Phi) is 9.15. The van der Waals surface area contributed by atoms with Gasteiger partial charge in [-0.3, -0.25) is 0 Å². The topological polar surface area (TPSA) is 64.1 Å². The van der Waals surface area contributed by atoms with Crippen LogP contribution in [-0.4, -0.2) is 51.6 Å². The molecule has 6 nitrogen and oxygen atoms in total. The van der Waals surface area contributed by atoms with Crippen LogP contribution < -0.4 is 15.4 Å². The van der Waals surface area contributed by atoms with Crippen molar-refractivity contribution < 1.29 is 14.2 Å². The lowest BCUT2D eigenvalue weighted by Gasteiger charge is -2.13. The van der Waals surface area contributed by atoms with Crippen LogP contribution in [-0.2, 0) is 16.0 Å². The number of benzene rings is 1. The molecule has 0 saturated carbocycles. The molecule has 0 amide bonds. The lowest BCUT2D eigenvalue weighted by atomic mass is 10.2. The first-order valence-corrected chi connectivity index (χ1v) is 9.25. The highest BCUT2D eigenvalue weighted by Crippen LogP contribution is 2.18. The molecule has 0 spiro atoms. The molecule has 1 heterocycles. The Labute approximate surface area is 151 Å². The third-order valence-corrected chi connectivity index (χ3v) is 3.88. The van der Waals surface area contributed by atoms with Gasteiger partial charge in [-0.05, 0) is 32.8 Å². The van der Waals surface area contributed by atoms with E-state index in [9.17, 15) is 0 Å². The van der Waals surface area contributed by atoms with Crippen molar-refractivity contribution in [1.82, 2.24) is 10.6 Å². The number of guanidine groups is 1. The van der Waals surface area contributed by atoms with Crippen LogP contribution in [0.25, 0.3) is 0 Å². The molecule has 1 fully saturated rings. The smallest absolute Gasteiger partial charge is 0.191 e. The zero-order valence-electron chi connectivity index (χ0n) is 15.4. The van der Waals surface area contributed by atoms with Crippen LogP contribution in [0.5, 0.6) is 5.75 Å². The zero-order valence-corrected chi connectivity index (χ0v) is 15.4. The van der Waals surface area contributed by atoms with E-state index in [-0.39, 0.29) is 6.10 Å². The van der Waals surface area contributed by atoms with Gasteiger partial charge in [0, 0.05) is 31.9 Å². The molecule has 6 heteroatoms. The Balaban J connectivity index is 1.75. The molecule has 2 rings (SSSR count). The largest absolute Gasteiger partial charge is 0.494 e. The van der Waals surface area contributed by atoms with Crippen molar-refractivity contribution in [3.63, 3.8) is 0 Å². The monoisotopic (exact) mass is 349 g/mol. The molecule has 2 N–H and O–H groups in total. The van der Waals surface area contributed by atoms with Gasteiger partial charge in [0.2, 0.25) is 0 Å². The maximum atomic E-state index is 5.77. The first-order valence-electron chi connectivity index (χ1n) is 9.25. The number of nitrogens with one attached hydrogen (secondary N) is 2. The summed E-state index contributed by atoms with van der Waals surface area (Å²) in [6.07, 6.45) is 2.23. The van der Waals surface area contributed by atoms with E-state index < -0.39 is 0 Å². The van der Waals surface area contributed by atoms with Crippen molar-refractivity contribution >= 4 is 5.96 Å². The molecule has 1 aliphatic rings. The summed E-state index contributed by atoms with van der Waals surface area (Å²) in [5, 5.41) is 6.63. The molecule has 1 aliphatic heterocycles. The minimum atomic E-state index is 0.275. The summed E-state index contributed by atoms with van der Waals surface area (Å²) in [4.78, 5) is 4.66. The van der Waals surface area contributed by atoms with Gasteiger partial charge in [0.1, 0.15) is 5.75 Å². The van der Waals surface area contributed by atoms with Gasteiger partial charge < -0.3 is 24.8 Å². The van der Waals surface area contributed by atoms with Gasteiger partial charge in [-0.25, -0.2) is 4.99 Å². The molecule has 1 aromatic carbocycles. The van der Waals surface area contributed by atoms with Crippen molar-refractivity contribution in [2.75, 3.05) is 39.5 Å². The number of rotatable bonds is 10. The second kappa shape index (κ2) is 11.7. The third kappa shape index (κ3) is 7.32. The summed E-state index contributed by atoms with van der Waals surface area (Å²) in [6, 6.07) is 8.03. The van der Waals surface area contributed by atoms with Gasteiger partial charge >= 0.3 is 0 Å². The van der Waals surface area contributed by atoms with Gasteiger partial charge in [-0.15, -0.1) is 0 Å². The molecule has 1 unspecified atom stereocenters. The summed E-state index contributed by atoms with van der Waals surface area (Å²) in [7, 11) is 0. The summed E-state index contributed by atoms with van der Waals surface area (Å²) in [5.41, 5.74) is 1.09. The Hall–Kier alpha value is -1.79. The van der Waals surface area contributed by atoms with Crippen molar-refractivity contribution in [3.8, 4) is 5.75 Å². The Bertz CT molecular complexity index is 516. The van der Waals surface area contributed by atoms with Gasteiger partial charge in [-0.2, -0.15) is 0 Å². The van der Waals surface area contributed by atoms with Crippen molar-refractivity contribution in [3.05, 3.63) is 29.8 Å². The first kappa shape index (κ1) is 19.5. The standard InChI is InChI=1S/C19H31N3O3/c1-3-20-19(21-11-7-12-25-17-10-13-23-15-17)22-14-16-8-5-6-9-18(16)24-4-2/h5-6,8-9,17H,3-4,7,10-15H2,1-2H3,(H2,20,21,22). The zero-order chi connectivity index (χ0) is 17.7. The molecule has 1 saturated heterocycles. The average Bonchev–Trinajstić information content (AvgIpc) is 3.14. The second-order valence-electron chi connectivity index (χ2n) is 5.87. The average molecular weight is 349 g/mol. The number of nitrogens with zero attached hydrogens (tertiary/aromatic N) is 1. The van der Waals surface area contributed by atoms with Crippen LogP contribution in [0.4, 0.5) is 0 Å². The highest BCUT2D eigenvalue weighted by atomic mass is 16.5. The van der Waals surface area contributed by atoms with Crippen molar-refractivity contribution in [2.24, 2.45) is 4.99 Å². The lowest BCUT2D eigenvalue weighted by molar-refractivity contribution is 0.0420. The summed E-state index contributed by atoms with van der Waals surface area (Å²) in [5.74, 6) is 1.72. The van der Waals surface area contributed by atoms with Crippen LogP contribution in [0.15, 0.2) is 29.3 Å². The van der Waals surface area contributed by atoms with Crippen LogP contribution in [0, 0.1) is 0 Å². The molecule has 140 valence electrons. The van der Waals surface area contributed by atoms with Crippen molar-refractivity contribution in [1.29, 1.82) is 0 Å². The van der Waals surface area contributed by atoms with Gasteiger partial charge in [0.05, 0.1) is 25.9 Å². The fourth-order valence-electron chi connectivity index (χ4n) is 2.61. The number of hydrogen-bond acceptors (Lipinski definition) is 4. The van der Waals surface area contributed by atoms with Crippen LogP contribution in [0.3, 0.4) is 0 Å². The van der Waals surface area contributed by atoms with Gasteiger partial charge in [-0.1, -0.05) is 18.2 Å². The fraction of sp³-hybridized carbons (Fsp3) is 0.632. The SMILES string of the molecule is CCNC(=NCc1ccccc1OCC)NCCCOC1CCOC1. The minimum absolute atomic E-state index is 0.275. The van der Waals surface area contributed by atoms with Gasteiger partial charge in [0.25, 0.3) is 0 Å². The maximum absolute atomic E-state index is 5.77. The molecule has 0 aromatic heterocycles. The molecular formula is C19H31N3O3. The summed E-state index contributed by atoms with van der Waals surface area (Å²) < 4.78 is 16.7. The maximum Gasteiger partial charge on any atom is 0.191 e. The van der Waals surface area contributed by atoms with E-state index in [1.807, 2.05) is 25.1 Å². The summed E-state index contributed by atoms with van der Waals surface area (Å²) >= 11 is 0. The van der Waals surface area contributed by atoms with E-state index >= 15 is 0 Å². The number of para-hydroxylation sites is 1. The molecule has 0 radical (unpaired) electrons. The van der Waals surface area contributed by atoms with Crippen LogP contribution in [0.1, 0.15) is 32.3 Å². The Morgan fingerprint density at radius 1 is 1.28 bits per heavy atom. The third-order valence-electron chi connectivity index (χ3n) is 3.88. The van der Waals surface area contributed by atoms with E-state index in [1.54, 1.807) is 0 Å². The predicted molar refractivity (Wildman–Crippen MR) is 100 cm³/mol. The number of hydrogen-bond donors (Lipinski definition) is 2. The van der Waals surface area contributed by atoms with E-state index in [2.05, 4.69) is 28.6 Å². The Morgan fingerprint density at radius 2 is 2.16 bits per heavy atom. The molecule has 0 bridgehead atoms. The molecule has 1 atom stereocenters. The normalized spacial score (nSPS) is 17.5. The second-order valence-corrected chi connectivity index (χ2v) is 5.87. The van der Waals surface area contributed by atoms with E-state index in [4.69, 9.17) is 14.2 Å². The van der Waals surface area contributed by atoms with E-state index in [0.29, 0.717) is 13.2 Å². The fourth-order valence-corrected chi connectivity index (χ4v) is 2.61. The van der Waals surface area contributed by atoms with Crippen LogP contribution in [0.2, 0.25) is 0 Å². The minimum Gasteiger partial charge on any atom is -0.494 e. The van der Waals surface area contributed by atoms with E-state index in [0.717, 1.165) is 63.0 Å². The molecular weight excluding hydrogens is 318 g/mol. The van der Waals surface area contributed by atoms with E-state index in [1.165, 1.54) is 0 Å². The molecule has 0 aliphatic carbocycles. The first-order chi connectivity index (χ1) is 12.3. The highest BCUT2D eigenvalue weighted by Gasteiger charge is 2.15. The highest BCUT2D eigenvalue weighted by molar-refractivity contribution is 5.79. The quantitative estimate of drug-likeness (QED) is 0.386. The lowest BCUT2D eigenvalue weighted by Crippen LogP contribution is -2.38.